The van der Waals surface area contributed by atoms with E-state index in [-0.39, 0.29) is 12.1 Å². The van der Waals surface area contributed by atoms with Crippen LogP contribution in [-0.4, -0.2) is 29.7 Å². The molecule has 1 aliphatic rings. The molecule has 0 saturated carbocycles. The van der Waals surface area contributed by atoms with Crippen LogP contribution >= 0.6 is 0 Å². The highest BCUT2D eigenvalue weighted by molar-refractivity contribution is 5.53. The average molecular weight is 314 g/mol. The number of nitriles is 1. The molecule has 2 aromatic rings. The normalized spacial score (nSPS) is 20.7. The number of aryl methyl sites for hydroxylation is 2. The number of H-pyrrole nitrogens is 1. The molecule has 0 aliphatic carbocycles. The maximum absolute atomic E-state index is 14.4. The van der Waals surface area contributed by atoms with E-state index in [1.807, 2.05) is 24.8 Å². The number of nitrogens with zero attached hydrogens (tertiary/aromatic N) is 3. The predicted molar refractivity (Wildman–Crippen MR) is 84.7 cm³/mol. The first kappa shape index (κ1) is 15.5. The van der Waals surface area contributed by atoms with Gasteiger partial charge in [-0.3, -0.25) is 0 Å². The number of ether oxygens (including phenoxy) is 1. The quantitative estimate of drug-likeness (QED) is 0.946. The molecule has 1 aliphatic heterocycles. The van der Waals surface area contributed by atoms with E-state index in [0.717, 1.165) is 23.6 Å². The maximum Gasteiger partial charge on any atom is 0.147 e. The summed E-state index contributed by atoms with van der Waals surface area (Å²) in [4.78, 5) is 9.82. The number of methoxy groups -OCH3 is 1. The molecule has 1 aromatic carbocycles. The minimum atomic E-state index is -0.397. The highest BCUT2D eigenvalue weighted by atomic mass is 19.1. The van der Waals surface area contributed by atoms with Gasteiger partial charge in [-0.1, -0.05) is 0 Å². The molecule has 1 N–H and O–H groups in total. The van der Waals surface area contributed by atoms with Crippen LogP contribution in [0.2, 0.25) is 0 Å². The van der Waals surface area contributed by atoms with E-state index >= 15 is 0 Å². The van der Waals surface area contributed by atoms with Gasteiger partial charge in [-0.25, -0.2) is 9.37 Å². The number of imidazole rings is 1. The summed E-state index contributed by atoms with van der Waals surface area (Å²) in [7, 11) is 1.67. The third kappa shape index (κ3) is 2.80. The van der Waals surface area contributed by atoms with Crippen LogP contribution in [0.25, 0.3) is 0 Å². The van der Waals surface area contributed by atoms with Crippen molar-refractivity contribution in [3.8, 4) is 6.07 Å². The Kier molecular flexibility index (Phi) is 4.05. The molecule has 1 fully saturated rings. The van der Waals surface area contributed by atoms with Gasteiger partial charge < -0.3 is 14.6 Å². The van der Waals surface area contributed by atoms with Crippen molar-refractivity contribution < 1.29 is 9.13 Å². The molecule has 3 rings (SSSR count). The van der Waals surface area contributed by atoms with Crippen LogP contribution in [-0.2, 0) is 4.74 Å². The number of hydrogen-bond donors (Lipinski definition) is 1. The smallest absolute Gasteiger partial charge is 0.147 e. The summed E-state index contributed by atoms with van der Waals surface area (Å²) in [5.74, 6) is 0.425. The molecule has 6 heteroatoms. The van der Waals surface area contributed by atoms with E-state index in [9.17, 15) is 4.39 Å². The topological polar surface area (TPSA) is 64.9 Å². The van der Waals surface area contributed by atoms with Crippen LogP contribution in [0.5, 0.6) is 0 Å². The van der Waals surface area contributed by atoms with Crippen LogP contribution in [0.3, 0.4) is 0 Å². The Bertz CT molecular complexity index is 745. The second-order valence-corrected chi connectivity index (χ2v) is 5.87. The third-order valence-corrected chi connectivity index (χ3v) is 4.44. The second kappa shape index (κ2) is 6.01. The molecule has 1 aromatic heterocycles. The summed E-state index contributed by atoms with van der Waals surface area (Å²) in [6.07, 6.45) is 0.753. The maximum atomic E-state index is 14.4. The van der Waals surface area contributed by atoms with E-state index in [0.29, 0.717) is 17.8 Å². The standard InChI is InChI=1S/C17H19FN4O/c1-10-11(2)21-17(20-10)16-7-13(23-3)9-22(16)15-5-4-12(8-19)6-14(15)18/h4-6,13,16H,7,9H2,1-3H3,(H,20,21)/t13-,16+/m1/s1. The molecular formula is C17H19FN4O. The first-order chi connectivity index (χ1) is 11.0. The van der Waals surface area contributed by atoms with Crippen molar-refractivity contribution in [2.45, 2.75) is 32.4 Å². The van der Waals surface area contributed by atoms with Gasteiger partial charge in [-0.05, 0) is 32.0 Å². The Hall–Kier alpha value is -2.39. The predicted octanol–water partition coefficient (Wildman–Crippen LogP) is 3.00. The minimum Gasteiger partial charge on any atom is -0.380 e. The van der Waals surface area contributed by atoms with Crippen molar-refractivity contribution in [1.29, 1.82) is 5.26 Å². The summed E-state index contributed by atoms with van der Waals surface area (Å²) in [6.45, 7) is 4.51. The van der Waals surface area contributed by atoms with Crippen molar-refractivity contribution >= 4 is 5.69 Å². The molecule has 0 spiro atoms. The van der Waals surface area contributed by atoms with Gasteiger partial charge in [-0.2, -0.15) is 5.26 Å². The highest BCUT2D eigenvalue weighted by Crippen LogP contribution is 2.37. The largest absolute Gasteiger partial charge is 0.380 e. The molecule has 2 atom stereocenters. The molecular weight excluding hydrogens is 295 g/mol. The zero-order valence-corrected chi connectivity index (χ0v) is 13.4. The number of rotatable bonds is 3. The number of hydrogen-bond acceptors (Lipinski definition) is 4. The fraction of sp³-hybridized carbons (Fsp3) is 0.412. The van der Waals surface area contributed by atoms with Gasteiger partial charge in [0.05, 0.1) is 35.2 Å². The van der Waals surface area contributed by atoms with Gasteiger partial charge in [0.15, 0.2) is 0 Å². The zero-order chi connectivity index (χ0) is 16.6. The number of anilines is 1. The average Bonchev–Trinajstić information content (AvgIpc) is 3.11. The second-order valence-electron chi connectivity index (χ2n) is 5.87. The number of nitrogens with one attached hydrogen (secondary N) is 1. The van der Waals surface area contributed by atoms with Gasteiger partial charge in [0.25, 0.3) is 0 Å². The van der Waals surface area contributed by atoms with Crippen molar-refractivity contribution in [3.63, 3.8) is 0 Å². The van der Waals surface area contributed by atoms with Crippen LogP contribution < -0.4 is 4.90 Å². The third-order valence-electron chi connectivity index (χ3n) is 4.44. The monoisotopic (exact) mass is 314 g/mol. The lowest BCUT2D eigenvalue weighted by Crippen LogP contribution is -2.26. The van der Waals surface area contributed by atoms with Gasteiger partial charge in [0, 0.05) is 25.8 Å². The van der Waals surface area contributed by atoms with Crippen LogP contribution in [0.1, 0.15) is 35.2 Å². The zero-order valence-electron chi connectivity index (χ0n) is 13.4. The van der Waals surface area contributed by atoms with Gasteiger partial charge in [-0.15, -0.1) is 0 Å². The van der Waals surface area contributed by atoms with Crippen molar-refractivity contribution in [3.05, 3.63) is 46.8 Å². The SMILES string of the molecule is CO[C@@H]1C[C@@H](c2nc(C)c(C)[nH]2)N(c2ccc(C#N)cc2F)C1. The fourth-order valence-corrected chi connectivity index (χ4v) is 3.04. The summed E-state index contributed by atoms with van der Waals surface area (Å²) in [5.41, 5.74) is 2.75. The molecule has 2 heterocycles. The lowest BCUT2D eigenvalue weighted by molar-refractivity contribution is 0.118. The van der Waals surface area contributed by atoms with Crippen molar-refractivity contribution in [2.75, 3.05) is 18.6 Å². The summed E-state index contributed by atoms with van der Waals surface area (Å²) in [5, 5.41) is 8.90. The Morgan fingerprint density at radius 3 is 2.78 bits per heavy atom. The van der Waals surface area contributed by atoms with Crippen molar-refractivity contribution in [1.82, 2.24) is 9.97 Å². The Balaban J connectivity index is 1.99. The molecule has 120 valence electrons. The highest BCUT2D eigenvalue weighted by Gasteiger charge is 2.36. The molecule has 0 bridgehead atoms. The van der Waals surface area contributed by atoms with Crippen LogP contribution in [0.4, 0.5) is 10.1 Å². The first-order valence-corrected chi connectivity index (χ1v) is 7.55. The van der Waals surface area contributed by atoms with Crippen LogP contribution in [0, 0.1) is 31.0 Å². The lowest BCUT2D eigenvalue weighted by atomic mass is 10.1. The van der Waals surface area contributed by atoms with Gasteiger partial charge >= 0.3 is 0 Å². The van der Waals surface area contributed by atoms with Crippen molar-refractivity contribution in [2.24, 2.45) is 0 Å². The van der Waals surface area contributed by atoms with Gasteiger partial charge in [0.2, 0.25) is 0 Å². The molecule has 0 unspecified atom stereocenters. The Morgan fingerprint density at radius 1 is 1.43 bits per heavy atom. The first-order valence-electron chi connectivity index (χ1n) is 7.55. The molecule has 23 heavy (non-hydrogen) atoms. The van der Waals surface area contributed by atoms with E-state index in [1.165, 1.54) is 6.07 Å². The summed E-state index contributed by atoms with van der Waals surface area (Å²) >= 11 is 0. The molecule has 5 nitrogen and oxygen atoms in total. The lowest BCUT2D eigenvalue weighted by Gasteiger charge is -2.25. The Morgan fingerprint density at radius 2 is 2.22 bits per heavy atom. The Labute approximate surface area is 134 Å². The molecule has 0 radical (unpaired) electrons. The number of benzene rings is 1. The van der Waals surface area contributed by atoms with E-state index in [2.05, 4.69) is 9.97 Å². The van der Waals surface area contributed by atoms with E-state index in [1.54, 1.807) is 19.2 Å². The summed E-state index contributed by atoms with van der Waals surface area (Å²) < 4.78 is 19.9. The summed E-state index contributed by atoms with van der Waals surface area (Å²) in [6, 6.07) is 6.44. The van der Waals surface area contributed by atoms with Crippen LogP contribution in [0.15, 0.2) is 18.2 Å². The fourth-order valence-electron chi connectivity index (χ4n) is 3.04. The molecule has 1 saturated heterocycles. The minimum absolute atomic E-state index is 0.0146. The van der Waals surface area contributed by atoms with Gasteiger partial charge in [0.1, 0.15) is 11.6 Å². The number of halogens is 1. The van der Waals surface area contributed by atoms with E-state index < -0.39 is 5.82 Å². The molecule has 0 amide bonds. The number of aromatic nitrogens is 2. The van der Waals surface area contributed by atoms with E-state index in [4.69, 9.17) is 10.00 Å². The number of aromatic amines is 1.